The van der Waals surface area contributed by atoms with Crippen LogP contribution >= 0.6 is 0 Å². The molecule has 0 saturated heterocycles. The Kier molecular flexibility index (Phi) is 6.63. The fourth-order valence-corrected chi connectivity index (χ4v) is 6.02. The lowest BCUT2D eigenvalue weighted by molar-refractivity contribution is 0.564. The van der Waals surface area contributed by atoms with Crippen molar-refractivity contribution in [3.63, 3.8) is 0 Å². The van der Waals surface area contributed by atoms with Crippen molar-refractivity contribution >= 4 is 15.7 Å². The highest BCUT2D eigenvalue weighted by Crippen LogP contribution is 2.42. The number of para-hydroxylation sites is 1. The standard InChI is InChI=1S/C26H37NO2S/c1-11-15-27(30(28,29)24-19(3)16-18(2)17-20(24)4)23-21(25(5,6)7)13-12-14-22(23)26(8,9)10/h11-14,16-17H,1,15H2,2-10H3. The van der Waals surface area contributed by atoms with E-state index in [1.807, 2.05) is 51.1 Å². The van der Waals surface area contributed by atoms with Crippen molar-refractivity contribution < 1.29 is 8.42 Å². The van der Waals surface area contributed by atoms with Crippen LogP contribution in [-0.4, -0.2) is 15.0 Å². The van der Waals surface area contributed by atoms with Crippen molar-refractivity contribution in [2.75, 3.05) is 10.8 Å². The van der Waals surface area contributed by atoms with Crippen molar-refractivity contribution in [2.24, 2.45) is 0 Å². The van der Waals surface area contributed by atoms with Gasteiger partial charge in [0.25, 0.3) is 10.0 Å². The normalized spacial score (nSPS) is 12.7. The first kappa shape index (κ1) is 24.2. The predicted octanol–water partition coefficient (Wildman–Crippen LogP) is 6.59. The van der Waals surface area contributed by atoms with Gasteiger partial charge < -0.3 is 0 Å². The molecule has 3 nitrogen and oxygen atoms in total. The van der Waals surface area contributed by atoms with Crippen LogP contribution in [0.1, 0.15) is 69.4 Å². The lowest BCUT2D eigenvalue weighted by Gasteiger charge is -2.36. The van der Waals surface area contributed by atoms with Crippen molar-refractivity contribution in [1.29, 1.82) is 0 Å². The summed E-state index contributed by atoms with van der Waals surface area (Å²) in [6.07, 6.45) is 1.67. The van der Waals surface area contributed by atoms with E-state index in [0.717, 1.165) is 33.5 Å². The van der Waals surface area contributed by atoms with Crippen LogP contribution in [0.25, 0.3) is 0 Å². The highest BCUT2D eigenvalue weighted by atomic mass is 32.2. The third-order valence-electron chi connectivity index (χ3n) is 5.35. The van der Waals surface area contributed by atoms with Gasteiger partial charge in [-0.15, -0.1) is 6.58 Å². The molecule has 2 rings (SSSR count). The summed E-state index contributed by atoms with van der Waals surface area (Å²) >= 11 is 0. The van der Waals surface area contributed by atoms with Crippen LogP contribution in [0.3, 0.4) is 0 Å². The van der Waals surface area contributed by atoms with Crippen LogP contribution in [0.4, 0.5) is 5.69 Å². The number of aryl methyl sites for hydroxylation is 3. The van der Waals surface area contributed by atoms with Crippen LogP contribution in [-0.2, 0) is 20.9 Å². The summed E-state index contributed by atoms with van der Waals surface area (Å²) in [7, 11) is -3.80. The van der Waals surface area contributed by atoms with Gasteiger partial charge in [0.05, 0.1) is 17.1 Å². The van der Waals surface area contributed by atoms with Gasteiger partial charge in [0.15, 0.2) is 0 Å². The van der Waals surface area contributed by atoms with Gasteiger partial charge in [0.2, 0.25) is 0 Å². The summed E-state index contributed by atoms with van der Waals surface area (Å²) in [6, 6.07) is 10.0. The molecule has 0 spiro atoms. The second-order valence-corrected chi connectivity index (χ2v) is 12.1. The number of hydrogen-bond acceptors (Lipinski definition) is 2. The molecule has 30 heavy (non-hydrogen) atoms. The topological polar surface area (TPSA) is 37.4 Å². The molecule has 0 saturated carbocycles. The molecule has 164 valence electrons. The van der Waals surface area contributed by atoms with Crippen LogP contribution < -0.4 is 4.31 Å². The zero-order chi connectivity index (χ0) is 23.1. The number of benzene rings is 2. The average molecular weight is 428 g/mol. The summed E-state index contributed by atoms with van der Waals surface area (Å²) < 4.78 is 29.8. The largest absolute Gasteiger partial charge is 0.265 e. The van der Waals surface area contributed by atoms with Crippen molar-refractivity contribution in [3.8, 4) is 0 Å². The van der Waals surface area contributed by atoms with Crippen molar-refractivity contribution in [1.82, 2.24) is 0 Å². The minimum absolute atomic E-state index is 0.214. The van der Waals surface area contributed by atoms with Crippen LogP contribution in [0.5, 0.6) is 0 Å². The van der Waals surface area contributed by atoms with Gasteiger partial charge >= 0.3 is 0 Å². The zero-order valence-corrected chi connectivity index (χ0v) is 20.9. The Morgan fingerprint density at radius 2 is 1.33 bits per heavy atom. The van der Waals surface area contributed by atoms with Gasteiger partial charge in [-0.25, -0.2) is 8.42 Å². The fraction of sp³-hybridized carbons (Fsp3) is 0.462. The molecule has 0 fully saturated rings. The summed E-state index contributed by atoms with van der Waals surface area (Å²) in [6.45, 7) is 22.6. The van der Waals surface area contributed by atoms with Gasteiger partial charge in [0, 0.05) is 0 Å². The molecular weight excluding hydrogens is 390 g/mol. The van der Waals surface area contributed by atoms with E-state index in [1.54, 1.807) is 10.4 Å². The Morgan fingerprint density at radius 3 is 1.70 bits per heavy atom. The minimum Gasteiger partial charge on any atom is -0.262 e. The molecule has 2 aromatic rings. The van der Waals surface area contributed by atoms with E-state index in [0.29, 0.717) is 4.90 Å². The molecule has 0 aliphatic rings. The zero-order valence-electron chi connectivity index (χ0n) is 20.1. The summed E-state index contributed by atoms with van der Waals surface area (Å²) in [5.41, 5.74) is 4.97. The fourth-order valence-electron chi connectivity index (χ4n) is 4.13. The Labute approximate surface area is 183 Å². The quantitative estimate of drug-likeness (QED) is 0.505. The molecule has 2 aromatic carbocycles. The molecule has 0 aliphatic heterocycles. The number of anilines is 1. The minimum atomic E-state index is -3.80. The third kappa shape index (κ3) is 4.64. The number of sulfonamides is 1. The number of rotatable bonds is 5. The Balaban J connectivity index is 2.96. The molecule has 0 aromatic heterocycles. The molecule has 0 heterocycles. The second kappa shape index (κ2) is 8.22. The second-order valence-electron chi connectivity index (χ2n) is 10.3. The van der Waals surface area contributed by atoms with Gasteiger partial charge in [0.1, 0.15) is 0 Å². The van der Waals surface area contributed by atoms with Crippen LogP contribution in [0, 0.1) is 20.8 Å². The SMILES string of the molecule is C=CCN(c1c(C(C)(C)C)cccc1C(C)(C)C)S(=O)(=O)c1c(C)cc(C)cc1C. The van der Waals surface area contributed by atoms with E-state index >= 15 is 0 Å². The maximum atomic E-state index is 14.1. The van der Waals surface area contributed by atoms with Crippen LogP contribution in [0.15, 0.2) is 47.9 Å². The molecule has 0 unspecified atom stereocenters. The molecule has 0 amide bonds. The molecule has 0 aliphatic carbocycles. The molecule has 0 atom stereocenters. The first-order valence-electron chi connectivity index (χ1n) is 10.5. The average Bonchev–Trinajstić information content (AvgIpc) is 2.56. The van der Waals surface area contributed by atoms with E-state index in [2.05, 4.69) is 48.1 Å². The van der Waals surface area contributed by atoms with Gasteiger partial charge in [-0.3, -0.25) is 4.31 Å². The molecule has 4 heteroatoms. The first-order valence-corrected chi connectivity index (χ1v) is 11.9. The lowest BCUT2D eigenvalue weighted by Crippen LogP contribution is -2.36. The Hall–Kier alpha value is -2.07. The van der Waals surface area contributed by atoms with E-state index in [1.165, 1.54) is 0 Å². The summed E-state index contributed by atoms with van der Waals surface area (Å²) in [5, 5.41) is 0. The van der Waals surface area contributed by atoms with Crippen molar-refractivity contribution in [3.05, 3.63) is 70.8 Å². The summed E-state index contributed by atoms with van der Waals surface area (Å²) in [5.74, 6) is 0. The Morgan fingerprint density at radius 1 is 0.900 bits per heavy atom. The third-order valence-corrected chi connectivity index (χ3v) is 7.42. The van der Waals surface area contributed by atoms with Crippen LogP contribution in [0.2, 0.25) is 0 Å². The highest BCUT2D eigenvalue weighted by Gasteiger charge is 2.35. The first-order chi connectivity index (χ1) is 13.6. The number of hydrogen-bond donors (Lipinski definition) is 0. The number of nitrogens with zero attached hydrogens (tertiary/aromatic N) is 1. The van der Waals surface area contributed by atoms with E-state index < -0.39 is 10.0 Å². The molecule has 0 N–H and O–H groups in total. The van der Waals surface area contributed by atoms with Crippen molar-refractivity contribution in [2.45, 2.75) is 78.0 Å². The Bertz CT molecular complexity index is 996. The highest BCUT2D eigenvalue weighted by molar-refractivity contribution is 7.93. The monoisotopic (exact) mass is 427 g/mol. The lowest BCUT2D eigenvalue weighted by atomic mass is 9.78. The molecular formula is C26H37NO2S. The smallest absolute Gasteiger partial charge is 0.262 e. The molecule has 0 radical (unpaired) electrons. The van der Waals surface area contributed by atoms with E-state index in [4.69, 9.17) is 0 Å². The maximum Gasteiger partial charge on any atom is 0.265 e. The predicted molar refractivity (Wildman–Crippen MR) is 129 cm³/mol. The maximum absolute atomic E-state index is 14.1. The van der Waals surface area contributed by atoms with Gasteiger partial charge in [-0.2, -0.15) is 0 Å². The van der Waals surface area contributed by atoms with E-state index in [9.17, 15) is 8.42 Å². The summed E-state index contributed by atoms with van der Waals surface area (Å²) in [4.78, 5) is 0.388. The molecule has 0 bridgehead atoms. The van der Waals surface area contributed by atoms with Gasteiger partial charge in [-0.1, -0.05) is 83.5 Å². The van der Waals surface area contributed by atoms with E-state index in [-0.39, 0.29) is 17.4 Å². The van der Waals surface area contributed by atoms with Gasteiger partial charge in [-0.05, 0) is 53.9 Å².